The predicted molar refractivity (Wildman–Crippen MR) is 152 cm³/mol. The Morgan fingerprint density at radius 2 is 1.97 bits per heavy atom. The number of fused-ring (bicyclic) bond motifs is 1. The minimum Gasteiger partial charge on any atom is -0.480 e. The topological polar surface area (TPSA) is 102 Å². The number of nitrogens with zero attached hydrogens (tertiary/aromatic N) is 5. The second-order valence-corrected chi connectivity index (χ2v) is 12.3. The largest absolute Gasteiger partial charge is 0.480 e. The molecule has 38 heavy (non-hydrogen) atoms. The number of thiazole rings is 1. The monoisotopic (exact) mass is 604 g/mol. The summed E-state index contributed by atoms with van der Waals surface area (Å²) in [6, 6.07) is 6.03. The fourth-order valence-electron chi connectivity index (χ4n) is 4.57. The average molecular weight is 606 g/mol. The fourth-order valence-corrected chi connectivity index (χ4v) is 5.90. The minimum absolute atomic E-state index is 0.0179. The number of benzene rings is 1. The van der Waals surface area contributed by atoms with Crippen LogP contribution < -0.4 is 15.0 Å². The number of aromatic nitrogens is 3. The number of morpholine rings is 1. The lowest BCUT2D eigenvalue weighted by Crippen LogP contribution is -2.47. The van der Waals surface area contributed by atoms with E-state index in [1.54, 1.807) is 23.3 Å². The first-order valence-corrected chi connectivity index (χ1v) is 14.4. The van der Waals surface area contributed by atoms with Crippen molar-refractivity contribution in [1.29, 1.82) is 0 Å². The van der Waals surface area contributed by atoms with E-state index in [0.717, 1.165) is 38.1 Å². The summed E-state index contributed by atoms with van der Waals surface area (Å²) in [7, 11) is 1.62. The van der Waals surface area contributed by atoms with E-state index in [4.69, 9.17) is 29.2 Å². The molecule has 204 valence electrons. The van der Waals surface area contributed by atoms with Gasteiger partial charge >= 0.3 is 6.09 Å². The Balaban J connectivity index is 1.51. The summed E-state index contributed by atoms with van der Waals surface area (Å²) in [5.74, 6) is 1.69. The summed E-state index contributed by atoms with van der Waals surface area (Å²) >= 11 is 5.11. The standard InChI is InChI=1S/C26H33BrN6O4S/c1-26(2,3)37-25(34)33-9-5-6-17(15-33)28-21-20(23-29-18-14-16(27)7-8-19(18)38-23)22(35-4)31-24(30-21)32-10-12-36-13-11-32/h7-8,14,17H,5-6,9-13,15H2,1-4H3,(H,28,30,31). The molecule has 2 fully saturated rings. The molecule has 1 aromatic carbocycles. The van der Waals surface area contributed by atoms with Gasteiger partial charge < -0.3 is 29.3 Å². The Bertz CT molecular complexity index is 1310. The van der Waals surface area contributed by atoms with Gasteiger partial charge in [-0.15, -0.1) is 11.3 Å². The van der Waals surface area contributed by atoms with Crippen LogP contribution in [0.4, 0.5) is 16.6 Å². The summed E-state index contributed by atoms with van der Waals surface area (Å²) in [5.41, 5.74) is 1.06. The van der Waals surface area contributed by atoms with Crippen LogP contribution in [0.15, 0.2) is 22.7 Å². The molecule has 2 aliphatic heterocycles. The van der Waals surface area contributed by atoms with E-state index >= 15 is 0 Å². The molecular formula is C26H33BrN6O4S. The first-order valence-electron chi connectivity index (χ1n) is 12.8. The molecule has 2 aliphatic rings. The molecule has 1 amide bonds. The molecule has 0 bridgehead atoms. The Morgan fingerprint density at radius 3 is 2.71 bits per heavy atom. The molecule has 1 atom stereocenters. The third-order valence-electron chi connectivity index (χ3n) is 6.33. The van der Waals surface area contributed by atoms with Gasteiger partial charge in [-0.2, -0.15) is 9.97 Å². The number of anilines is 2. The molecule has 12 heteroatoms. The molecular weight excluding hydrogens is 572 g/mol. The Labute approximate surface area is 234 Å². The van der Waals surface area contributed by atoms with E-state index in [1.165, 1.54) is 0 Å². The van der Waals surface area contributed by atoms with Gasteiger partial charge in [0.25, 0.3) is 0 Å². The molecule has 0 radical (unpaired) electrons. The number of likely N-dealkylation sites (tertiary alicyclic amines) is 1. The lowest BCUT2D eigenvalue weighted by Gasteiger charge is -2.35. The lowest BCUT2D eigenvalue weighted by atomic mass is 10.1. The maximum absolute atomic E-state index is 12.8. The number of nitrogens with one attached hydrogen (secondary N) is 1. The van der Waals surface area contributed by atoms with Crippen molar-refractivity contribution < 1.29 is 19.0 Å². The fraction of sp³-hybridized carbons (Fsp3) is 0.538. The quantitative estimate of drug-likeness (QED) is 0.422. The van der Waals surface area contributed by atoms with Crippen LogP contribution in [0.3, 0.4) is 0 Å². The van der Waals surface area contributed by atoms with Crippen LogP contribution in [0.5, 0.6) is 5.88 Å². The first-order chi connectivity index (χ1) is 18.2. The molecule has 1 N–H and O–H groups in total. The molecule has 4 heterocycles. The molecule has 0 saturated carbocycles. The number of carbonyl (C=O) groups is 1. The van der Waals surface area contributed by atoms with Crippen molar-refractivity contribution >= 4 is 55.3 Å². The number of carbonyl (C=O) groups excluding carboxylic acids is 1. The van der Waals surface area contributed by atoms with E-state index in [2.05, 4.69) is 26.1 Å². The van der Waals surface area contributed by atoms with Crippen molar-refractivity contribution in [2.45, 2.75) is 45.3 Å². The van der Waals surface area contributed by atoms with Gasteiger partial charge in [-0.3, -0.25) is 0 Å². The zero-order chi connectivity index (χ0) is 26.9. The number of hydrogen-bond acceptors (Lipinski definition) is 10. The first kappa shape index (κ1) is 26.9. The van der Waals surface area contributed by atoms with Gasteiger partial charge in [-0.05, 0) is 51.8 Å². The van der Waals surface area contributed by atoms with Gasteiger partial charge in [0.05, 0.1) is 30.5 Å². The summed E-state index contributed by atoms with van der Waals surface area (Å²) in [5, 5.41) is 4.39. The molecule has 2 saturated heterocycles. The molecule has 5 rings (SSSR count). The van der Waals surface area contributed by atoms with E-state index in [0.29, 0.717) is 57.0 Å². The number of methoxy groups -OCH3 is 1. The van der Waals surface area contributed by atoms with E-state index in [9.17, 15) is 4.79 Å². The molecule has 10 nitrogen and oxygen atoms in total. The summed E-state index contributed by atoms with van der Waals surface area (Å²) in [4.78, 5) is 31.3. The third-order valence-corrected chi connectivity index (χ3v) is 7.88. The Hall–Kier alpha value is -2.70. The molecule has 2 aromatic heterocycles. The van der Waals surface area contributed by atoms with Gasteiger partial charge in [0, 0.05) is 36.7 Å². The van der Waals surface area contributed by atoms with E-state index < -0.39 is 5.60 Å². The molecule has 1 unspecified atom stereocenters. The zero-order valence-corrected chi connectivity index (χ0v) is 24.5. The number of rotatable bonds is 5. The van der Waals surface area contributed by atoms with E-state index in [-0.39, 0.29) is 12.1 Å². The average Bonchev–Trinajstić information content (AvgIpc) is 3.30. The maximum atomic E-state index is 12.8. The van der Waals surface area contributed by atoms with Crippen LogP contribution in [-0.4, -0.2) is 84.1 Å². The summed E-state index contributed by atoms with van der Waals surface area (Å²) in [6.07, 6.45) is 1.46. The van der Waals surface area contributed by atoms with Gasteiger partial charge in [-0.25, -0.2) is 9.78 Å². The van der Waals surface area contributed by atoms with Crippen LogP contribution in [0, 0.1) is 0 Å². The number of amides is 1. The summed E-state index contributed by atoms with van der Waals surface area (Å²) in [6.45, 7) is 9.47. The van der Waals surface area contributed by atoms with Crippen LogP contribution in [-0.2, 0) is 9.47 Å². The highest BCUT2D eigenvalue weighted by atomic mass is 79.9. The second-order valence-electron chi connectivity index (χ2n) is 10.4. The third kappa shape index (κ3) is 6.13. The normalized spacial score (nSPS) is 18.5. The van der Waals surface area contributed by atoms with Crippen LogP contribution in [0.1, 0.15) is 33.6 Å². The minimum atomic E-state index is -0.542. The van der Waals surface area contributed by atoms with Gasteiger partial charge in [0.15, 0.2) is 0 Å². The van der Waals surface area contributed by atoms with Crippen LogP contribution >= 0.6 is 27.3 Å². The van der Waals surface area contributed by atoms with Crippen molar-refractivity contribution in [1.82, 2.24) is 19.9 Å². The Kier molecular flexibility index (Phi) is 7.92. The number of hydrogen-bond donors (Lipinski definition) is 1. The summed E-state index contributed by atoms with van der Waals surface area (Å²) < 4.78 is 19.0. The van der Waals surface area contributed by atoms with Crippen LogP contribution in [0.2, 0.25) is 0 Å². The van der Waals surface area contributed by atoms with Gasteiger partial charge in [0.2, 0.25) is 11.8 Å². The zero-order valence-electron chi connectivity index (χ0n) is 22.1. The van der Waals surface area contributed by atoms with Crippen molar-refractivity contribution in [2.24, 2.45) is 0 Å². The van der Waals surface area contributed by atoms with Crippen molar-refractivity contribution in [3.05, 3.63) is 22.7 Å². The van der Waals surface area contributed by atoms with Crippen molar-refractivity contribution in [3.8, 4) is 16.5 Å². The smallest absolute Gasteiger partial charge is 0.410 e. The van der Waals surface area contributed by atoms with Gasteiger partial charge in [-0.1, -0.05) is 15.9 Å². The van der Waals surface area contributed by atoms with Gasteiger partial charge in [0.1, 0.15) is 22.0 Å². The maximum Gasteiger partial charge on any atom is 0.410 e. The second kappa shape index (κ2) is 11.2. The number of halogens is 1. The highest BCUT2D eigenvalue weighted by Crippen LogP contribution is 2.41. The Morgan fingerprint density at radius 1 is 1.18 bits per heavy atom. The van der Waals surface area contributed by atoms with Crippen LogP contribution in [0.25, 0.3) is 20.8 Å². The predicted octanol–water partition coefficient (Wildman–Crippen LogP) is 5.17. The number of piperidine rings is 1. The van der Waals surface area contributed by atoms with Crippen molar-refractivity contribution in [2.75, 3.05) is 56.7 Å². The number of ether oxygens (including phenoxy) is 3. The van der Waals surface area contributed by atoms with Crippen molar-refractivity contribution in [3.63, 3.8) is 0 Å². The molecule has 0 aliphatic carbocycles. The molecule has 3 aromatic rings. The SMILES string of the molecule is COc1nc(N2CCOCC2)nc(NC2CCCN(C(=O)OC(C)(C)C)C2)c1-c1nc2cc(Br)ccc2s1. The van der Waals surface area contributed by atoms with E-state index in [1.807, 2.05) is 39.0 Å². The highest BCUT2D eigenvalue weighted by molar-refractivity contribution is 9.10. The highest BCUT2D eigenvalue weighted by Gasteiger charge is 2.30. The lowest BCUT2D eigenvalue weighted by molar-refractivity contribution is 0.0206. The molecule has 0 spiro atoms.